The van der Waals surface area contributed by atoms with Crippen LogP contribution in [0.5, 0.6) is 0 Å². The number of hydrogen-bond donors (Lipinski definition) is 0. The van der Waals surface area contributed by atoms with Gasteiger partial charge in [-0.15, -0.1) is 0 Å². The molecule has 4 aliphatic carbocycles. The summed E-state index contributed by atoms with van der Waals surface area (Å²) in [6.45, 7) is 10.0. The Labute approximate surface area is 192 Å². The summed E-state index contributed by atoms with van der Waals surface area (Å²) >= 11 is 0. The van der Waals surface area contributed by atoms with Gasteiger partial charge >= 0.3 is 5.97 Å². The van der Waals surface area contributed by atoms with Gasteiger partial charge in [0.15, 0.2) is 17.2 Å². The molecule has 0 spiro atoms. The Morgan fingerprint density at radius 1 is 1.19 bits per heavy atom. The number of allylic oxidation sites excluding steroid dienone is 5. The predicted molar refractivity (Wildman–Crippen MR) is 125 cm³/mol. The summed E-state index contributed by atoms with van der Waals surface area (Å²) in [5, 5.41) is 0. The molecule has 0 aromatic heterocycles. The van der Waals surface area contributed by atoms with Crippen molar-refractivity contribution in [2.45, 2.75) is 91.6 Å². The quantitative estimate of drug-likeness (QED) is 0.395. The van der Waals surface area contributed by atoms with E-state index in [0.29, 0.717) is 17.8 Å². The number of hydrogen-bond acceptors (Lipinski definition) is 4. The van der Waals surface area contributed by atoms with Crippen molar-refractivity contribution in [1.82, 2.24) is 0 Å². The molecule has 0 radical (unpaired) electrons. The number of ketones is 2. The third-order valence-electron chi connectivity index (χ3n) is 9.37. The van der Waals surface area contributed by atoms with Crippen LogP contribution in [0, 0.1) is 28.6 Å². The third-order valence-corrected chi connectivity index (χ3v) is 9.37. The molecule has 0 N–H and O–H groups in total. The number of fused-ring (bicyclic) bond motifs is 5. The van der Waals surface area contributed by atoms with Gasteiger partial charge in [0.2, 0.25) is 0 Å². The smallest absolute Gasteiger partial charge is 0.306 e. The molecule has 0 amide bonds. The molecule has 6 atom stereocenters. The standard InChI is InChI=1S/C28H38O4/c1-6-8-9-20-17-24-22-11-10-19-16-21(30)12-14-26(19,4)23(22)13-15-27(24,5)28(20,18(3)29)32-25(31)7-2/h9,12,14,16,22-24H,6-8,10-11,13,15,17H2,1-5H3/t22-,23+,24+,26+,27+,28+/m1/s1. The van der Waals surface area contributed by atoms with Crippen LogP contribution in [-0.2, 0) is 19.1 Å². The molecule has 0 saturated heterocycles. The number of unbranched alkanes of at least 4 members (excludes halogenated alkanes) is 1. The molecular formula is C28H38O4. The summed E-state index contributed by atoms with van der Waals surface area (Å²) in [7, 11) is 0. The van der Waals surface area contributed by atoms with Crippen molar-refractivity contribution in [2.75, 3.05) is 0 Å². The van der Waals surface area contributed by atoms with E-state index in [1.54, 1.807) is 19.9 Å². The Morgan fingerprint density at radius 2 is 1.94 bits per heavy atom. The first kappa shape index (κ1) is 23.2. The molecule has 0 aromatic rings. The van der Waals surface area contributed by atoms with Crippen LogP contribution in [0.25, 0.3) is 0 Å². The van der Waals surface area contributed by atoms with E-state index in [0.717, 1.165) is 50.5 Å². The number of ether oxygens (including phenoxy) is 1. The summed E-state index contributed by atoms with van der Waals surface area (Å²) in [6.07, 6.45) is 14.7. The first-order valence-electron chi connectivity index (χ1n) is 12.5. The molecule has 4 heteroatoms. The molecule has 0 unspecified atom stereocenters. The minimum Gasteiger partial charge on any atom is -0.446 e. The number of esters is 1. The van der Waals surface area contributed by atoms with Gasteiger partial charge in [-0.1, -0.05) is 51.8 Å². The molecule has 3 fully saturated rings. The van der Waals surface area contributed by atoms with Crippen molar-refractivity contribution in [3.05, 3.63) is 35.5 Å². The van der Waals surface area contributed by atoms with Crippen molar-refractivity contribution >= 4 is 17.5 Å². The monoisotopic (exact) mass is 438 g/mol. The molecular weight excluding hydrogens is 400 g/mol. The van der Waals surface area contributed by atoms with Gasteiger partial charge in [0, 0.05) is 17.3 Å². The van der Waals surface area contributed by atoms with Crippen molar-refractivity contribution in [3.63, 3.8) is 0 Å². The zero-order valence-electron chi connectivity index (χ0n) is 20.3. The fraction of sp³-hybridized carbons (Fsp3) is 0.679. The van der Waals surface area contributed by atoms with E-state index in [4.69, 9.17) is 4.74 Å². The minimum absolute atomic E-state index is 0.0316. The molecule has 0 bridgehead atoms. The lowest BCUT2D eigenvalue weighted by atomic mass is 9.47. The molecule has 174 valence electrons. The Kier molecular flexibility index (Phi) is 5.88. The van der Waals surface area contributed by atoms with E-state index >= 15 is 0 Å². The van der Waals surface area contributed by atoms with Gasteiger partial charge in [-0.05, 0) is 80.9 Å². The molecule has 32 heavy (non-hydrogen) atoms. The van der Waals surface area contributed by atoms with Crippen molar-refractivity contribution < 1.29 is 19.1 Å². The van der Waals surface area contributed by atoms with Crippen LogP contribution in [0.2, 0.25) is 0 Å². The molecule has 3 saturated carbocycles. The van der Waals surface area contributed by atoms with E-state index in [2.05, 4.69) is 32.9 Å². The van der Waals surface area contributed by atoms with Gasteiger partial charge in [0.05, 0.1) is 0 Å². The molecule has 4 nitrogen and oxygen atoms in total. The molecule has 4 aliphatic rings. The number of carbonyl (C=O) groups is 3. The number of rotatable bonds is 5. The maximum absolute atomic E-state index is 13.4. The van der Waals surface area contributed by atoms with Crippen LogP contribution < -0.4 is 0 Å². The maximum atomic E-state index is 13.4. The Hall–Kier alpha value is -1.97. The predicted octanol–water partition coefficient (Wildman–Crippen LogP) is 5.91. The van der Waals surface area contributed by atoms with Crippen LogP contribution in [0.3, 0.4) is 0 Å². The fourth-order valence-corrected chi connectivity index (χ4v) is 7.75. The Morgan fingerprint density at radius 3 is 2.59 bits per heavy atom. The SMILES string of the molecule is CCCC=C1C[C@H]2[C@@H]3CCC4=CC(=O)C=C[C@]4(C)[C@H]3CC[C@]2(C)[C@]1(OC(=O)CC)C(C)=O. The number of carbonyl (C=O) groups excluding carboxylic acids is 3. The second-order valence-electron chi connectivity index (χ2n) is 10.8. The van der Waals surface area contributed by atoms with Gasteiger partial charge in [-0.25, -0.2) is 0 Å². The maximum Gasteiger partial charge on any atom is 0.306 e. The van der Waals surface area contributed by atoms with Crippen LogP contribution in [0.15, 0.2) is 35.5 Å². The molecule has 0 heterocycles. The molecule has 0 aliphatic heterocycles. The topological polar surface area (TPSA) is 60.4 Å². The zero-order valence-corrected chi connectivity index (χ0v) is 20.3. The molecule has 0 aromatic carbocycles. The second-order valence-corrected chi connectivity index (χ2v) is 10.8. The van der Waals surface area contributed by atoms with Crippen LogP contribution >= 0.6 is 0 Å². The highest BCUT2D eigenvalue weighted by Crippen LogP contribution is 2.69. The first-order valence-corrected chi connectivity index (χ1v) is 12.5. The van der Waals surface area contributed by atoms with Gasteiger partial charge in [0.25, 0.3) is 0 Å². The Balaban J connectivity index is 1.79. The fourth-order valence-electron chi connectivity index (χ4n) is 7.75. The van der Waals surface area contributed by atoms with Gasteiger partial charge in [-0.2, -0.15) is 0 Å². The number of Topliss-reactive ketones (excluding diaryl/α,β-unsaturated/α-hetero) is 1. The summed E-state index contributed by atoms with van der Waals surface area (Å²) < 4.78 is 6.19. The average Bonchev–Trinajstić information content (AvgIpc) is 3.01. The Bertz CT molecular complexity index is 924. The minimum atomic E-state index is -1.14. The first-order chi connectivity index (χ1) is 15.1. The third kappa shape index (κ3) is 3.12. The lowest BCUT2D eigenvalue weighted by molar-refractivity contribution is -0.182. The van der Waals surface area contributed by atoms with E-state index in [1.807, 2.05) is 6.08 Å². The lowest BCUT2D eigenvalue weighted by Gasteiger charge is -2.58. The normalized spacial score (nSPS) is 41.5. The van der Waals surface area contributed by atoms with Gasteiger partial charge in [-0.3, -0.25) is 14.4 Å². The van der Waals surface area contributed by atoms with Crippen molar-refractivity contribution in [1.29, 1.82) is 0 Å². The second kappa shape index (κ2) is 8.11. The summed E-state index contributed by atoms with van der Waals surface area (Å²) in [5.41, 5.74) is 0.677. The van der Waals surface area contributed by atoms with E-state index in [1.165, 1.54) is 5.57 Å². The van der Waals surface area contributed by atoms with Crippen molar-refractivity contribution in [2.24, 2.45) is 28.6 Å². The largest absolute Gasteiger partial charge is 0.446 e. The van der Waals surface area contributed by atoms with E-state index in [9.17, 15) is 14.4 Å². The average molecular weight is 439 g/mol. The van der Waals surface area contributed by atoms with Crippen molar-refractivity contribution in [3.8, 4) is 0 Å². The lowest BCUT2D eigenvalue weighted by Crippen LogP contribution is -2.59. The highest BCUT2D eigenvalue weighted by atomic mass is 16.6. The highest BCUT2D eigenvalue weighted by molar-refractivity contribution is 6.01. The van der Waals surface area contributed by atoms with E-state index < -0.39 is 11.0 Å². The van der Waals surface area contributed by atoms with Gasteiger partial charge < -0.3 is 4.74 Å². The summed E-state index contributed by atoms with van der Waals surface area (Å²) in [6, 6.07) is 0. The summed E-state index contributed by atoms with van der Waals surface area (Å²) in [5.74, 6) is 0.964. The van der Waals surface area contributed by atoms with Crippen LogP contribution in [0.4, 0.5) is 0 Å². The zero-order chi connectivity index (χ0) is 23.3. The van der Waals surface area contributed by atoms with Crippen LogP contribution in [-0.4, -0.2) is 23.1 Å². The molecule has 4 rings (SSSR count). The summed E-state index contributed by atoms with van der Waals surface area (Å²) in [4.78, 5) is 38.0. The van der Waals surface area contributed by atoms with Gasteiger partial charge in [0.1, 0.15) is 0 Å². The highest BCUT2D eigenvalue weighted by Gasteiger charge is 2.69. The van der Waals surface area contributed by atoms with Crippen LogP contribution in [0.1, 0.15) is 86.0 Å². The van der Waals surface area contributed by atoms with E-state index in [-0.39, 0.29) is 29.4 Å².